The van der Waals surface area contributed by atoms with Crippen molar-refractivity contribution < 1.29 is 8.42 Å². The second-order valence-electron chi connectivity index (χ2n) is 5.85. The van der Waals surface area contributed by atoms with Crippen LogP contribution in [0, 0.1) is 6.92 Å². The van der Waals surface area contributed by atoms with Crippen LogP contribution in [0.5, 0.6) is 0 Å². The monoisotopic (exact) mass is 291 g/mol. The van der Waals surface area contributed by atoms with Crippen LogP contribution in [0.25, 0.3) is 6.08 Å². The standard InChI is InChI=1S/C16H21NO2S/c1-13-6-7-14-11-15(20(18,19)16(14)10-13)12-17-8-4-2-3-5-9-17/h6-7,10-11H,2-5,8-9,12H2,1H3. The first-order valence-electron chi connectivity index (χ1n) is 7.36. The van der Waals surface area contributed by atoms with Crippen LogP contribution < -0.4 is 0 Å². The van der Waals surface area contributed by atoms with Crippen LogP contribution in [0.15, 0.2) is 28.0 Å². The first-order valence-corrected chi connectivity index (χ1v) is 8.84. The third-order valence-corrected chi connectivity index (χ3v) is 6.07. The van der Waals surface area contributed by atoms with E-state index in [1.165, 1.54) is 25.7 Å². The molecule has 108 valence electrons. The summed E-state index contributed by atoms with van der Waals surface area (Å²) in [6.45, 7) is 4.53. The lowest BCUT2D eigenvalue weighted by Crippen LogP contribution is -2.28. The smallest absolute Gasteiger partial charge is 0.204 e. The van der Waals surface area contributed by atoms with E-state index in [4.69, 9.17) is 0 Å². The number of aryl methyl sites for hydroxylation is 1. The van der Waals surface area contributed by atoms with Crippen molar-refractivity contribution >= 4 is 15.9 Å². The third-order valence-electron chi connectivity index (χ3n) is 4.20. The van der Waals surface area contributed by atoms with E-state index in [0.29, 0.717) is 16.3 Å². The molecule has 0 unspecified atom stereocenters. The Morgan fingerprint density at radius 3 is 2.50 bits per heavy atom. The van der Waals surface area contributed by atoms with Gasteiger partial charge in [-0.3, -0.25) is 4.90 Å². The summed E-state index contributed by atoms with van der Waals surface area (Å²) in [5, 5.41) is 0. The lowest BCUT2D eigenvalue weighted by molar-refractivity contribution is 0.313. The Bertz CT molecular complexity index is 638. The largest absolute Gasteiger partial charge is 0.298 e. The molecule has 0 N–H and O–H groups in total. The summed E-state index contributed by atoms with van der Waals surface area (Å²) >= 11 is 0. The maximum atomic E-state index is 12.6. The molecule has 1 aromatic carbocycles. The van der Waals surface area contributed by atoms with Gasteiger partial charge in [-0.25, -0.2) is 8.42 Å². The normalized spacial score (nSPS) is 22.1. The molecule has 1 saturated heterocycles. The second kappa shape index (κ2) is 5.34. The fourth-order valence-electron chi connectivity index (χ4n) is 3.03. The maximum Gasteiger partial charge on any atom is 0.204 e. The van der Waals surface area contributed by atoms with Crippen molar-refractivity contribution in [1.29, 1.82) is 0 Å². The van der Waals surface area contributed by atoms with Crippen molar-refractivity contribution in [2.75, 3.05) is 19.6 Å². The van der Waals surface area contributed by atoms with Crippen molar-refractivity contribution in [3.05, 3.63) is 34.2 Å². The molecule has 0 spiro atoms. The molecule has 1 fully saturated rings. The highest BCUT2D eigenvalue weighted by molar-refractivity contribution is 7.95. The maximum absolute atomic E-state index is 12.6. The summed E-state index contributed by atoms with van der Waals surface area (Å²) in [6.07, 6.45) is 6.75. The number of rotatable bonds is 2. The zero-order valence-corrected chi connectivity index (χ0v) is 12.7. The molecule has 0 saturated carbocycles. The van der Waals surface area contributed by atoms with Gasteiger partial charge in [0.25, 0.3) is 0 Å². The van der Waals surface area contributed by atoms with Crippen LogP contribution in [-0.4, -0.2) is 33.0 Å². The summed E-state index contributed by atoms with van der Waals surface area (Å²) in [7, 11) is -3.26. The van der Waals surface area contributed by atoms with Gasteiger partial charge in [-0.05, 0) is 56.1 Å². The number of hydrogen-bond acceptors (Lipinski definition) is 3. The fraction of sp³-hybridized carbons (Fsp3) is 0.500. The second-order valence-corrected chi connectivity index (χ2v) is 7.82. The molecular weight excluding hydrogens is 270 g/mol. The van der Waals surface area contributed by atoms with E-state index in [1.807, 2.05) is 25.1 Å². The third kappa shape index (κ3) is 2.54. The Labute approximate surface area is 121 Å². The SMILES string of the molecule is Cc1ccc2c(c1)S(=O)(=O)C(CN1CCCCCC1)=C2. The van der Waals surface area contributed by atoms with Crippen molar-refractivity contribution in [2.45, 2.75) is 37.5 Å². The van der Waals surface area contributed by atoms with E-state index in [2.05, 4.69) is 4.90 Å². The predicted octanol–water partition coefficient (Wildman–Crippen LogP) is 3.00. The Kier molecular flexibility index (Phi) is 3.69. The van der Waals surface area contributed by atoms with E-state index in [9.17, 15) is 8.42 Å². The van der Waals surface area contributed by atoms with Gasteiger partial charge in [0.05, 0.1) is 9.80 Å². The van der Waals surface area contributed by atoms with Crippen LogP contribution in [0.4, 0.5) is 0 Å². The lowest BCUT2D eigenvalue weighted by Gasteiger charge is -2.20. The molecule has 0 radical (unpaired) electrons. The molecule has 2 aliphatic rings. The van der Waals surface area contributed by atoms with E-state index in [1.54, 1.807) is 6.07 Å². The molecule has 0 amide bonds. The molecular formula is C16H21NO2S. The molecule has 1 aromatic rings. The number of likely N-dealkylation sites (tertiary alicyclic amines) is 1. The summed E-state index contributed by atoms with van der Waals surface area (Å²) in [5.41, 5.74) is 1.84. The first kappa shape index (κ1) is 13.8. The number of hydrogen-bond donors (Lipinski definition) is 0. The van der Waals surface area contributed by atoms with Gasteiger partial charge in [-0.2, -0.15) is 0 Å². The Morgan fingerprint density at radius 2 is 1.80 bits per heavy atom. The van der Waals surface area contributed by atoms with Crippen molar-refractivity contribution in [1.82, 2.24) is 4.90 Å². The summed E-state index contributed by atoms with van der Waals surface area (Å²) < 4.78 is 25.2. The van der Waals surface area contributed by atoms with E-state index in [-0.39, 0.29) is 0 Å². The number of sulfone groups is 1. The molecule has 3 nitrogen and oxygen atoms in total. The summed E-state index contributed by atoms with van der Waals surface area (Å²) in [6, 6.07) is 5.67. The zero-order valence-electron chi connectivity index (χ0n) is 11.9. The molecule has 2 aliphatic heterocycles. The first-order chi connectivity index (χ1) is 9.57. The highest BCUT2D eigenvalue weighted by atomic mass is 32.2. The Morgan fingerprint density at radius 1 is 1.10 bits per heavy atom. The molecule has 0 atom stereocenters. The van der Waals surface area contributed by atoms with Crippen LogP contribution in [0.2, 0.25) is 0 Å². The van der Waals surface area contributed by atoms with Gasteiger partial charge in [0.2, 0.25) is 9.84 Å². The highest BCUT2D eigenvalue weighted by Gasteiger charge is 2.30. The Hall–Kier alpha value is -1.13. The molecule has 3 rings (SSSR count). The van der Waals surface area contributed by atoms with Gasteiger partial charge in [0.15, 0.2) is 0 Å². The van der Waals surface area contributed by atoms with Gasteiger partial charge in [-0.1, -0.05) is 25.0 Å². The summed E-state index contributed by atoms with van der Waals surface area (Å²) in [5.74, 6) is 0. The minimum atomic E-state index is -3.26. The minimum Gasteiger partial charge on any atom is -0.298 e. The van der Waals surface area contributed by atoms with Gasteiger partial charge < -0.3 is 0 Å². The Balaban J connectivity index is 1.85. The van der Waals surface area contributed by atoms with Gasteiger partial charge in [-0.15, -0.1) is 0 Å². The number of benzene rings is 1. The van der Waals surface area contributed by atoms with Crippen LogP contribution in [-0.2, 0) is 9.84 Å². The minimum absolute atomic E-state index is 0.488. The van der Waals surface area contributed by atoms with Crippen LogP contribution >= 0.6 is 0 Å². The van der Waals surface area contributed by atoms with E-state index >= 15 is 0 Å². The quantitative estimate of drug-likeness (QED) is 0.840. The summed E-state index contributed by atoms with van der Waals surface area (Å²) in [4.78, 5) is 3.34. The predicted molar refractivity (Wildman–Crippen MR) is 81.2 cm³/mol. The van der Waals surface area contributed by atoms with Gasteiger partial charge in [0, 0.05) is 6.54 Å². The molecule has 4 heteroatoms. The van der Waals surface area contributed by atoms with Crippen molar-refractivity contribution in [3.63, 3.8) is 0 Å². The lowest BCUT2D eigenvalue weighted by atomic mass is 10.1. The molecule has 20 heavy (non-hydrogen) atoms. The van der Waals surface area contributed by atoms with Gasteiger partial charge >= 0.3 is 0 Å². The van der Waals surface area contributed by atoms with E-state index in [0.717, 1.165) is 24.2 Å². The molecule has 0 bridgehead atoms. The fourth-order valence-corrected chi connectivity index (χ4v) is 4.73. The average Bonchev–Trinajstić information content (AvgIpc) is 2.61. The van der Waals surface area contributed by atoms with E-state index < -0.39 is 9.84 Å². The van der Waals surface area contributed by atoms with Crippen LogP contribution in [0.3, 0.4) is 0 Å². The van der Waals surface area contributed by atoms with Crippen molar-refractivity contribution in [3.8, 4) is 0 Å². The highest BCUT2D eigenvalue weighted by Crippen LogP contribution is 2.34. The zero-order chi connectivity index (χ0) is 14.2. The topological polar surface area (TPSA) is 37.4 Å². The number of fused-ring (bicyclic) bond motifs is 1. The van der Waals surface area contributed by atoms with Gasteiger partial charge in [0.1, 0.15) is 0 Å². The molecule has 0 aromatic heterocycles. The number of nitrogens with zero attached hydrogens (tertiary/aromatic N) is 1. The molecule has 2 heterocycles. The molecule has 0 aliphatic carbocycles. The average molecular weight is 291 g/mol. The van der Waals surface area contributed by atoms with Crippen LogP contribution in [0.1, 0.15) is 36.8 Å². The van der Waals surface area contributed by atoms with Crippen molar-refractivity contribution in [2.24, 2.45) is 0 Å².